The average molecular weight is 473 g/mol. The van der Waals surface area contributed by atoms with E-state index in [0.717, 1.165) is 30.4 Å². The van der Waals surface area contributed by atoms with Crippen molar-refractivity contribution in [3.8, 4) is 0 Å². The summed E-state index contributed by atoms with van der Waals surface area (Å²) >= 11 is 0. The maximum absolute atomic E-state index is 15.0. The van der Waals surface area contributed by atoms with Crippen LogP contribution in [0.5, 0.6) is 0 Å². The number of carbonyl (C=O) groups is 1. The lowest BCUT2D eigenvalue weighted by Gasteiger charge is -2.29. The van der Waals surface area contributed by atoms with E-state index >= 15 is 4.39 Å². The van der Waals surface area contributed by atoms with Crippen LogP contribution in [-0.4, -0.2) is 55.1 Å². The van der Waals surface area contributed by atoms with Crippen molar-refractivity contribution in [3.63, 3.8) is 0 Å². The summed E-state index contributed by atoms with van der Waals surface area (Å²) in [5, 5.41) is 2.08. The Labute approximate surface area is 201 Å². The fourth-order valence-electron chi connectivity index (χ4n) is 5.29. The number of amides is 1. The molecule has 0 radical (unpaired) electrons. The molecule has 35 heavy (non-hydrogen) atoms. The molecule has 1 amide bonds. The third kappa shape index (κ3) is 3.72. The predicted molar refractivity (Wildman–Crippen MR) is 131 cm³/mol. The number of hydrogen-bond donors (Lipinski definition) is 0. The van der Waals surface area contributed by atoms with E-state index in [0.29, 0.717) is 42.7 Å². The predicted octanol–water partition coefficient (Wildman–Crippen LogP) is 4.35. The minimum Gasteiger partial charge on any atom is -0.450 e. The number of fused-ring (bicyclic) bond motifs is 4. The van der Waals surface area contributed by atoms with E-state index in [1.165, 1.54) is 6.07 Å². The first kappa shape index (κ1) is 21.9. The first-order valence-electron chi connectivity index (χ1n) is 12.0. The van der Waals surface area contributed by atoms with Gasteiger partial charge >= 0.3 is 0 Å². The molecule has 3 heterocycles. The van der Waals surface area contributed by atoms with Crippen LogP contribution < -0.4 is 5.43 Å². The van der Waals surface area contributed by atoms with Crippen LogP contribution in [-0.2, 0) is 4.74 Å². The van der Waals surface area contributed by atoms with E-state index in [1.54, 1.807) is 29.2 Å². The van der Waals surface area contributed by atoms with Crippen molar-refractivity contribution >= 4 is 27.6 Å². The van der Waals surface area contributed by atoms with Crippen molar-refractivity contribution in [2.75, 3.05) is 39.4 Å². The van der Waals surface area contributed by atoms with Crippen molar-refractivity contribution in [3.05, 3.63) is 93.6 Å². The number of halogens is 1. The zero-order valence-corrected chi connectivity index (χ0v) is 19.2. The monoisotopic (exact) mass is 472 g/mol. The van der Waals surface area contributed by atoms with Gasteiger partial charge in [-0.05, 0) is 23.9 Å². The molecule has 0 bridgehead atoms. The highest BCUT2D eigenvalue weighted by Gasteiger charge is 2.43. The normalized spacial score (nSPS) is 18.5. The molecule has 2 aliphatic rings. The van der Waals surface area contributed by atoms with Gasteiger partial charge in [-0.2, -0.15) is 0 Å². The Morgan fingerprint density at radius 2 is 1.66 bits per heavy atom. The van der Waals surface area contributed by atoms with Crippen LogP contribution in [0, 0.1) is 5.82 Å². The second kappa shape index (κ2) is 8.91. The van der Waals surface area contributed by atoms with Gasteiger partial charge in [-0.15, -0.1) is 0 Å². The van der Waals surface area contributed by atoms with Gasteiger partial charge < -0.3 is 14.1 Å². The van der Waals surface area contributed by atoms with Crippen molar-refractivity contribution in [2.24, 2.45) is 0 Å². The summed E-state index contributed by atoms with van der Waals surface area (Å²) in [4.78, 5) is 31.3. The number of benzene rings is 3. The molecule has 0 saturated carbocycles. The van der Waals surface area contributed by atoms with Gasteiger partial charge in [0, 0.05) is 37.1 Å². The smallest absolute Gasteiger partial charge is 0.290 e. The van der Waals surface area contributed by atoms with E-state index in [2.05, 4.69) is 4.90 Å². The molecule has 2 aliphatic heterocycles. The zero-order chi connectivity index (χ0) is 23.9. The number of nitrogens with zero attached hydrogens (tertiary/aromatic N) is 2. The van der Waals surface area contributed by atoms with Crippen LogP contribution in [0.1, 0.15) is 34.1 Å². The second-order valence-electron chi connectivity index (χ2n) is 9.07. The van der Waals surface area contributed by atoms with Crippen LogP contribution in [0.2, 0.25) is 0 Å². The van der Waals surface area contributed by atoms with E-state index in [-0.39, 0.29) is 22.7 Å². The molecule has 0 spiro atoms. The maximum atomic E-state index is 15.0. The number of rotatable bonds is 5. The van der Waals surface area contributed by atoms with Gasteiger partial charge in [0.05, 0.1) is 30.2 Å². The van der Waals surface area contributed by atoms with Gasteiger partial charge in [-0.1, -0.05) is 48.5 Å². The Balaban J connectivity index is 1.46. The summed E-state index contributed by atoms with van der Waals surface area (Å²) in [7, 11) is 0. The largest absolute Gasteiger partial charge is 0.450 e. The topological polar surface area (TPSA) is 63.0 Å². The summed E-state index contributed by atoms with van der Waals surface area (Å²) in [6.45, 7) is 4.28. The summed E-state index contributed by atoms with van der Waals surface area (Å²) in [6, 6.07) is 16.7. The fraction of sp³-hybridized carbons (Fsp3) is 0.286. The van der Waals surface area contributed by atoms with Crippen LogP contribution >= 0.6 is 0 Å². The molecule has 1 unspecified atom stereocenters. The molecule has 3 aromatic carbocycles. The molecular weight excluding hydrogens is 447 g/mol. The number of carbonyl (C=O) groups excluding carboxylic acids is 1. The van der Waals surface area contributed by atoms with Gasteiger partial charge in [0.15, 0.2) is 5.43 Å². The molecule has 1 aromatic heterocycles. The number of morpholine rings is 1. The Kier molecular flexibility index (Phi) is 5.59. The Bertz CT molecular complexity index is 1490. The molecule has 1 saturated heterocycles. The van der Waals surface area contributed by atoms with E-state index < -0.39 is 11.9 Å². The summed E-state index contributed by atoms with van der Waals surface area (Å²) in [5.74, 6) is -0.810. The SMILES string of the molecule is O=C1c2oc3c(ccc4ccccc43)c(=O)c2C(c2ccccc2F)N1CCCN1CCOCC1. The highest BCUT2D eigenvalue weighted by molar-refractivity contribution is 6.06. The van der Waals surface area contributed by atoms with Crippen molar-refractivity contribution < 1.29 is 18.3 Å². The first-order valence-corrected chi connectivity index (χ1v) is 12.0. The van der Waals surface area contributed by atoms with Gasteiger partial charge in [0.2, 0.25) is 5.76 Å². The van der Waals surface area contributed by atoms with Crippen molar-refractivity contribution in [1.82, 2.24) is 9.80 Å². The van der Waals surface area contributed by atoms with Gasteiger partial charge in [-0.25, -0.2) is 4.39 Å². The molecule has 178 valence electrons. The minimum atomic E-state index is -0.824. The zero-order valence-electron chi connectivity index (χ0n) is 19.2. The highest BCUT2D eigenvalue weighted by Crippen LogP contribution is 2.40. The van der Waals surface area contributed by atoms with E-state index in [9.17, 15) is 9.59 Å². The number of hydrogen-bond acceptors (Lipinski definition) is 5. The van der Waals surface area contributed by atoms with Crippen LogP contribution in [0.3, 0.4) is 0 Å². The quantitative estimate of drug-likeness (QED) is 0.404. The molecule has 6 rings (SSSR count). The average Bonchev–Trinajstić information content (AvgIpc) is 3.16. The molecule has 1 atom stereocenters. The molecular formula is C28H25FN2O4. The summed E-state index contributed by atoms with van der Waals surface area (Å²) < 4.78 is 26.6. The van der Waals surface area contributed by atoms with Gasteiger partial charge in [0.25, 0.3) is 5.91 Å². The Morgan fingerprint density at radius 3 is 2.49 bits per heavy atom. The third-order valence-electron chi connectivity index (χ3n) is 7.03. The van der Waals surface area contributed by atoms with Crippen molar-refractivity contribution in [2.45, 2.75) is 12.5 Å². The second-order valence-corrected chi connectivity index (χ2v) is 9.07. The molecule has 6 nitrogen and oxygen atoms in total. The van der Waals surface area contributed by atoms with Crippen LogP contribution in [0.4, 0.5) is 4.39 Å². The molecule has 0 aliphatic carbocycles. The maximum Gasteiger partial charge on any atom is 0.290 e. The lowest BCUT2D eigenvalue weighted by atomic mass is 9.97. The highest BCUT2D eigenvalue weighted by atomic mass is 19.1. The lowest BCUT2D eigenvalue weighted by molar-refractivity contribution is 0.0353. The van der Waals surface area contributed by atoms with E-state index in [1.807, 2.05) is 30.3 Å². The first-order chi connectivity index (χ1) is 17.1. The molecule has 0 N–H and O–H groups in total. The molecule has 4 aromatic rings. The van der Waals surface area contributed by atoms with Crippen LogP contribution in [0.15, 0.2) is 69.9 Å². The van der Waals surface area contributed by atoms with Gasteiger partial charge in [0.1, 0.15) is 11.4 Å². The Hall–Kier alpha value is -3.55. The van der Waals surface area contributed by atoms with E-state index in [4.69, 9.17) is 9.15 Å². The standard InChI is InChI=1S/C28H25FN2O4/c29-22-9-4-3-8-20(22)24-23-25(32)21-11-10-18-6-1-2-7-19(18)26(21)35-27(23)28(33)31(24)13-5-12-30-14-16-34-17-15-30/h1-4,6-11,24H,5,12-17H2. The lowest BCUT2D eigenvalue weighted by Crippen LogP contribution is -2.39. The third-order valence-corrected chi connectivity index (χ3v) is 7.03. The summed E-state index contributed by atoms with van der Waals surface area (Å²) in [5.41, 5.74) is 0.625. The molecule has 1 fully saturated rings. The number of ether oxygens (including phenoxy) is 1. The molecule has 7 heteroatoms. The summed E-state index contributed by atoms with van der Waals surface area (Å²) in [6.07, 6.45) is 0.696. The Morgan fingerprint density at radius 1 is 0.886 bits per heavy atom. The fourth-order valence-corrected chi connectivity index (χ4v) is 5.29. The van der Waals surface area contributed by atoms with Gasteiger partial charge in [-0.3, -0.25) is 14.5 Å². The van der Waals surface area contributed by atoms with Crippen molar-refractivity contribution in [1.29, 1.82) is 0 Å². The minimum absolute atomic E-state index is 0.0125. The van der Waals surface area contributed by atoms with Crippen LogP contribution in [0.25, 0.3) is 21.7 Å².